The molecule has 0 bridgehead atoms. The highest BCUT2D eigenvalue weighted by molar-refractivity contribution is 7.99. The second-order valence-electron chi connectivity index (χ2n) is 14.1. The number of amides is 2. The van der Waals surface area contributed by atoms with Crippen LogP contribution in [0, 0.1) is 11.9 Å². The molecule has 0 unspecified atom stereocenters. The summed E-state index contributed by atoms with van der Waals surface area (Å²) in [5.41, 5.74) is 16.2. The van der Waals surface area contributed by atoms with E-state index in [9.17, 15) is 18.8 Å². The van der Waals surface area contributed by atoms with E-state index in [0.717, 1.165) is 22.0 Å². The lowest BCUT2D eigenvalue weighted by Crippen LogP contribution is -2.51. The van der Waals surface area contributed by atoms with Crippen LogP contribution in [0.15, 0.2) is 89.2 Å². The third kappa shape index (κ3) is 9.82. The fraction of sp³-hybridized carbons (Fsp3) is 0.357. The number of carbonyl (C=O) groups is 3. The van der Waals surface area contributed by atoms with Gasteiger partial charge in [-0.2, -0.15) is 4.39 Å². The molecule has 3 aromatic heterocycles. The van der Waals surface area contributed by atoms with Crippen molar-refractivity contribution in [3.05, 3.63) is 107 Å². The molecule has 294 valence electrons. The summed E-state index contributed by atoms with van der Waals surface area (Å²) < 4.78 is 14.6. The number of pyridine rings is 2. The van der Waals surface area contributed by atoms with Gasteiger partial charge in [0.25, 0.3) is 0 Å². The molecule has 14 heteroatoms. The number of carbonyl (C=O) groups excluding carboxylic acids is 3. The first kappa shape index (κ1) is 41.0. The van der Waals surface area contributed by atoms with Crippen molar-refractivity contribution in [2.24, 2.45) is 17.4 Å². The zero-order valence-corrected chi connectivity index (χ0v) is 33.0. The van der Waals surface area contributed by atoms with Crippen molar-refractivity contribution in [1.29, 1.82) is 0 Å². The number of aromatic amines is 1. The van der Waals surface area contributed by atoms with E-state index in [4.69, 9.17) is 28.1 Å². The molecule has 0 aliphatic carbocycles. The van der Waals surface area contributed by atoms with Gasteiger partial charge in [-0.1, -0.05) is 60.1 Å². The van der Waals surface area contributed by atoms with Gasteiger partial charge in [-0.05, 0) is 90.9 Å². The van der Waals surface area contributed by atoms with Crippen LogP contribution < -0.4 is 22.1 Å². The zero-order valence-electron chi connectivity index (χ0n) is 31.4. The van der Waals surface area contributed by atoms with E-state index < -0.39 is 29.9 Å². The number of nitrogens with two attached hydrogens (primary N) is 2. The molecule has 0 radical (unpaired) electrons. The molecule has 1 aliphatic heterocycles. The molecule has 6 rings (SSSR count). The molecular formula is C42H48ClFN8O3S. The molecule has 0 saturated carbocycles. The van der Waals surface area contributed by atoms with Crippen LogP contribution in [0.2, 0.25) is 5.02 Å². The molecule has 5 aromatic rings. The van der Waals surface area contributed by atoms with E-state index in [1.807, 2.05) is 42.6 Å². The summed E-state index contributed by atoms with van der Waals surface area (Å²) in [6, 6.07) is 16.6. The molecule has 0 fully saturated rings. The van der Waals surface area contributed by atoms with Crippen LogP contribution >= 0.6 is 23.4 Å². The Morgan fingerprint density at radius 1 is 0.946 bits per heavy atom. The maximum atomic E-state index is 14.6. The minimum atomic E-state index is -0.949. The van der Waals surface area contributed by atoms with E-state index in [-0.39, 0.29) is 31.1 Å². The Kier molecular flexibility index (Phi) is 14.2. The number of nitrogens with one attached hydrogen (secondary N) is 3. The Morgan fingerprint density at radius 3 is 2.57 bits per heavy atom. The number of benzene rings is 2. The minimum Gasteiger partial charge on any atom is -0.361 e. The molecule has 0 saturated heterocycles. The third-order valence-electron chi connectivity index (χ3n) is 10.4. The number of halogens is 2. The summed E-state index contributed by atoms with van der Waals surface area (Å²) in [7, 11) is 1.63. The van der Waals surface area contributed by atoms with Crippen LogP contribution in [-0.4, -0.2) is 69.7 Å². The number of nitrogens with zero attached hydrogens (tertiary/aromatic N) is 3. The lowest BCUT2D eigenvalue weighted by atomic mass is 9.90. The van der Waals surface area contributed by atoms with Gasteiger partial charge in [-0.25, -0.2) is 9.97 Å². The summed E-state index contributed by atoms with van der Waals surface area (Å²) in [5, 5.41) is 8.58. The predicted molar refractivity (Wildman–Crippen MR) is 218 cm³/mol. The van der Waals surface area contributed by atoms with Gasteiger partial charge in [-0.3, -0.25) is 14.4 Å². The maximum Gasteiger partial charge on any atom is 0.243 e. The lowest BCUT2D eigenvalue weighted by molar-refractivity contribution is -0.143. The number of fused-ring (bicyclic) bond motifs is 3. The van der Waals surface area contributed by atoms with E-state index in [2.05, 4.69) is 20.6 Å². The molecular weight excluding hydrogens is 751 g/mol. The molecule has 0 spiro atoms. The van der Waals surface area contributed by atoms with E-state index >= 15 is 0 Å². The van der Waals surface area contributed by atoms with Gasteiger partial charge in [0, 0.05) is 79.4 Å². The molecule has 3 atom stereocenters. The number of aromatic nitrogens is 3. The van der Waals surface area contributed by atoms with Crippen molar-refractivity contribution in [3.63, 3.8) is 0 Å². The smallest absolute Gasteiger partial charge is 0.243 e. The monoisotopic (exact) mass is 798 g/mol. The van der Waals surface area contributed by atoms with Gasteiger partial charge in [0.1, 0.15) is 11.1 Å². The Bertz CT molecular complexity index is 2170. The molecule has 56 heavy (non-hydrogen) atoms. The molecule has 7 N–H and O–H groups in total. The number of Topliss-reactive ketones (excluding diaryl/α,β-unsaturated/α-hetero) is 1. The number of H-pyrrole nitrogens is 1. The average Bonchev–Trinajstić information content (AvgIpc) is 3.62. The number of hydrogen-bond donors (Lipinski definition) is 5. The van der Waals surface area contributed by atoms with Crippen molar-refractivity contribution in [2.45, 2.75) is 80.0 Å². The number of likely N-dealkylation sites (N-methyl/N-ethyl adjacent to an activating group) is 1. The summed E-state index contributed by atoms with van der Waals surface area (Å²) in [6.07, 6.45) is 8.04. The van der Waals surface area contributed by atoms with E-state index in [0.29, 0.717) is 83.4 Å². The SMILES string of the molecule is CN1C(=O)[C@H](CCCCN)CC(=O)[C@H](CCCN)NCc2cccnc2Sc2c(Cl)ccc(-c3ccnc(F)c3)c2CNC(=O)[C@@H]1Cc1c[nH]c2ccccc12. The normalized spacial score (nSPS) is 18.7. The third-order valence-corrected chi connectivity index (χ3v) is 12.0. The summed E-state index contributed by atoms with van der Waals surface area (Å²) >= 11 is 8.29. The van der Waals surface area contributed by atoms with Crippen molar-refractivity contribution < 1.29 is 18.8 Å². The van der Waals surface area contributed by atoms with Crippen LogP contribution in [-0.2, 0) is 33.9 Å². The van der Waals surface area contributed by atoms with Crippen LogP contribution in [0.4, 0.5) is 4.39 Å². The topological polar surface area (TPSA) is 172 Å². The van der Waals surface area contributed by atoms with Crippen LogP contribution in [0.25, 0.3) is 22.0 Å². The number of ketones is 1. The molecule has 4 heterocycles. The van der Waals surface area contributed by atoms with Gasteiger partial charge < -0.3 is 32.0 Å². The quantitative estimate of drug-likeness (QED) is 0.0819. The minimum absolute atomic E-state index is 0.00104. The zero-order chi connectivity index (χ0) is 39.6. The van der Waals surface area contributed by atoms with Gasteiger partial charge in [0.2, 0.25) is 17.8 Å². The van der Waals surface area contributed by atoms with Crippen LogP contribution in [0.5, 0.6) is 0 Å². The van der Waals surface area contributed by atoms with E-state index in [1.54, 1.807) is 31.4 Å². The second kappa shape index (κ2) is 19.5. The Labute approximate surface area is 335 Å². The Hall–Kier alpha value is -4.66. The van der Waals surface area contributed by atoms with Crippen LogP contribution in [0.1, 0.15) is 55.2 Å². The van der Waals surface area contributed by atoms with E-state index in [1.165, 1.54) is 28.9 Å². The lowest BCUT2D eigenvalue weighted by Gasteiger charge is -2.31. The number of unbranched alkanes of at least 4 members (excludes halogenated alkanes) is 1. The van der Waals surface area contributed by atoms with Gasteiger partial charge in [0.15, 0.2) is 5.78 Å². The fourth-order valence-corrected chi connectivity index (χ4v) is 8.63. The molecule has 1 aliphatic rings. The second-order valence-corrected chi connectivity index (χ2v) is 15.5. The highest BCUT2D eigenvalue weighted by Gasteiger charge is 2.34. The van der Waals surface area contributed by atoms with Crippen molar-refractivity contribution in [3.8, 4) is 11.1 Å². The summed E-state index contributed by atoms with van der Waals surface area (Å²) in [4.78, 5) is 57.3. The largest absolute Gasteiger partial charge is 0.361 e. The molecule has 2 amide bonds. The number of para-hydroxylation sites is 1. The van der Waals surface area contributed by atoms with Gasteiger partial charge >= 0.3 is 0 Å². The van der Waals surface area contributed by atoms with Gasteiger partial charge in [0.05, 0.1) is 11.1 Å². The predicted octanol–water partition coefficient (Wildman–Crippen LogP) is 6.17. The maximum absolute atomic E-state index is 14.6. The van der Waals surface area contributed by atoms with Crippen molar-refractivity contribution in [1.82, 2.24) is 30.5 Å². The summed E-state index contributed by atoms with van der Waals surface area (Å²) in [6.45, 7) is 1.19. The Balaban J connectivity index is 1.47. The summed E-state index contributed by atoms with van der Waals surface area (Å²) in [5.74, 6) is -2.11. The highest BCUT2D eigenvalue weighted by Crippen LogP contribution is 2.41. The number of hydrogen-bond acceptors (Lipinski definition) is 9. The average molecular weight is 799 g/mol. The number of rotatable bonds is 10. The standard InChI is InChI=1S/C42H48ClFN8O3S/c1-52-36(20-29-24-49-34-11-3-2-10-31(29)34)40(54)51-25-32-30(26-15-19-47-38(44)22-26)13-14-33(43)39(32)56-41-28(9-7-18-48-41)23-50-35(12-6-17-46)37(53)21-27(42(52)55)8-4-5-16-45/h2-3,7,9-11,13-15,18-19,22,24,27,35-36,49-50H,4-6,8,12,16-17,20-21,23,25,45-46H2,1H3,(H,51,54)/t27-,35+,36+/m1/s1. The first-order chi connectivity index (χ1) is 27.2. The Morgan fingerprint density at radius 2 is 1.77 bits per heavy atom. The van der Waals surface area contributed by atoms with Crippen molar-refractivity contribution in [2.75, 3.05) is 20.1 Å². The fourth-order valence-electron chi connectivity index (χ4n) is 7.29. The van der Waals surface area contributed by atoms with Crippen molar-refractivity contribution >= 4 is 51.9 Å². The highest BCUT2D eigenvalue weighted by atomic mass is 35.5. The first-order valence-electron chi connectivity index (χ1n) is 19.0. The van der Waals surface area contributed by atoms with Crippen LogP contribution in [0.3, 0.4) is 0 Å². The molecule has 2 aromatic carbocycles. The first-order valence-corrected chi connectivity index (χ1v) is 20.2. The molecule has 11 nitrogen and oxygen atoms in total. The van der Waals surface area contributed by atoms with Gasteiger partial charge in [-0.15, -0.1) is 0 Å².